The van der Waals surface area contributed by atoms with E-state index in [-0.39, 0.29) is 4.75 Å². The summed E-state index contributed by atoms with van der Waals surface area (Å²) in [6.45, 7) is 10.8. The van der Waals surface area contributed by atoms with E-state index in [0.717, 1.165) is 45.1 Å². The van der Waals surface area contributed by atoms with Crippen LogP contribution in [0.5, 0.6) is 0 Å². The van der Waals surface area contributed by atoms with Gasteiger partial charge in [0.15, 0.2) is 5.96 Å². The van der Waals surface area contributed by atoms with Gasteiger partial charge in [-0.1, -0.05) is 26.7 Å². The molecule has 2 aliphatic rings. The van der Waals surface area contributed by atoms with E-state index in [9.17, 15) is 0 Å². The molecule has 2 heterocycles. The van der Waals surface area contributed by atoms with Crippen LogP contribution in [0.15, 0.2) is 4.99 Å². The van der Waals surface area contributed by atoms with Crippen LogP contribution in [0.4, 0.5) is 0 Å². The van der Waals surface area contributed by atoms with Crippen LogP contribution in [0.25, 0.3) is 0 Å². The molecule has 0 radical (unpaired) electrons. The van der Waals surface area contributed by atoms with Crippen LogP contribution in [-0.2, 0) is 4.74 Å². The third-order valence-electron chi connectivity index (χ3n) is 6.00. The second kappa shape index (κ2) is 11.4. The van der Waals surface area contributed by atoms with Crippen molar-refractivity contribution in [2.45, 2.75) is 63.2 Å². The van der Waals surface area contributed by atoms with Gasteiger partial charge in [0, 0.05) is 44.1 Å². The largest absolute Gasteiger partial charge is 0.381 e. The van der Waals surface area contributed by atoms with Crippen molar-refractivity contribution >= 4 is 17.7 Å². The number of hydrogen-bond donors (Lipinski definition) is 2. The van der Waals surface area contributed by atoms with E-state index in [1.165, 1.54) is 38.8 Å². The lowest BCUT2D eigenvalue weighted by Crippen LogP contribution is -2.52. The Morgan fingerprint density at radius 1 is 1.12 bits per heavy atom. The molecule has 0 saturated carbocycles. The van der Waals surface area contributed by atoms with Crippen molar-refractivity contribution in [1.82, 2.24) is 15.5 Å². The standard InChI is InChI=1S/C20H40N4OS/c1-17(2)18(24-11-7-5-6-8-12-24)15-22-19(21-3)23-16-20(26-4)9-13-25-14-10-20/h17-18H,5-16H2,1-4H3,(H2,21,22,23). The molecule has 2 saturated heterocycles. The Bertz CT molecular complexity index is 416. The first-order valence-electron chi connectivity index (χ1n) is 10.4. The zero-order valence-electron chi connectivity index (χ0n) is 17.4. The Labute approximate surface area is 165 Å². The minimum absolute atomic E-state index is 0.276. The summed E-state index contributed by atoms with van der Waals surface area (Å²) in [5, 5.41) is 7.19. The Balaban J connectivity index is 1.85. The molecule has 2 N–H and O–H groups in total. The molecule has 2 rings (SSSR count). The summed E-state index contributed by atoms with van der Waals surface area (Å²) in [4.78, 5) is 7.16. The van der Waals surface area contributed by atoms with E-state index in [2.05, 4.69) is 40.6 Å². The van der Waals surface area contributed by atoms with Crippen LogP contribution in [0.3, 0.4) is 0 Å². The molecule has 5 nitrogen and oxygen atoms in total. The van der Waals surface area contributed by atoms with Gasteiger partial charge in [0.2, 0.25) is 0 Å². The van der Waals surface area contributed by atoms with Crippen molar-refractivity contribution in [3.8, 4) is 0 Å². The van der Waals surface area contributed by atoms with Crippen LogP contribution in [0.1, 0.15) is 52.4 Å². The number of hydrogen-bond acceptors (Lipinski definition) is 4. The molecule has 2 aliphatic heterocycles. The fourth-order valence-corrected chi connectivity index (χ4v) is 4.87. The first-order chi connectivity index (χ1) is 12.6. The highest BCUT2D eigenvalue weighted by Crippen LogP contribution is 2.32. The quantitative estimate of drug-likeness (QED) is 0.522. The maximum Gasteiger partial charge on any atom is 0.191 e. The maximum atomic E-state index is 5.55. The number of aliphatic imine (C=N–C) groups is 1. The van der Waals surface area contributed by atoms with Gasteiger partial charge in [-0.3, -0.25) is 9.89 Å². The van der Waals surface area contributed by atoms with E-state index < -0.39 is 0 Å². The summed E-state index contributed by atoms with van der Waals surface area (Å²) in [6.07, 6.45) is 9.90. The van der Waals surface area contributed by atoms with Crippen molar-refractivity contribution in [3.63, 3.8) is 0 Å². The zero-order chi connectivity index (χ0) is 18.8. The Morgan fingerprint density at radius 3 is 2.31 bits per heavy atom. The molecule has 0 aromatic heterocycles. The van der Waals surface area contributed by atoms with Crippen LogP contribution in [-0.4, -0.2) is 74.3 Å². The van der Waals surface area contributed by atoms with Crippen molar-refractivity contribution in [2.24, 2.45) is 10.9 Å². The van der Waals surface area contributed by atoms with Crippen LogP contribution in [0, 0.1) is 5.92 Å². The van der Waals surface area contributed by atoms with Gasteiger partial charge in [-0.25, -0.2) is 0 Å². The molecule has 1 atom stereocenters. The van der Waals surface area contributed by atoms with Gasteiger partial charge in [0.25, 0.3) is 0 Å². The number of rotatable bonds is 7. The predicted octanol–water partition coefficient (Wildman–Crippen LogP) is 2.96. The second-order valence-corrected chi connectivity index (χ2v) is 9.34. The van der Waals surface area contributed by atoms with Crippen molar-refractivity contribution in [1.29, 1.82) is 0 Å². The Kier molecular flexibility index (Phi) is 9.57. The average molecular weight is 385 g/mol. The first kappa shape index (κ1) is 21.8. The van der Waals surface area contributed by atoms with Crippen LogP contribution >= 0.6 is 11.8 Å². The Morgan fingerprint density at radius 2 is 1.77 bits per heavy atom. The SMILES string of the molecule is CN=C(NCC(C(C)C)N1CCCCCC1)NCC1(SC)CCOCC1. The summed E-state index contributed by atoms with van der Waals surface area (Å²) in [5.74, 6) is 1.58. The van der Waals surface area contributed by atoms with E-state index in [4.69, 9.17) is 4.74 Å². The van der Waals surface area contributed by atoms with Gasteiger partial charge in [-0.2, -0.15) is 11.8 Å². The van der Waals surface area contributed by atoms with E-state index in [0.29, 0.717) is 12.0 Å². The highest BCUT2D eigenvalue weighted by molar-refractivity contribution is 8.00. The third-order valence-corrected chi connectivity index (χ3v) is 7.42. The van der Waals surface area contributed by atoms with Gasteiger partial charge in [0.05, 0.1) is 0 Å². The lowest BCUT2D eigenvalue weighted by atomic mass is 9.99. The van der Waals surface area contributed by atoms with Crippen molar-refractivity contribution in [3.05, 3.63) is 0 Å². The molecule has 0 bridgehead atoms. The van der Waals surface area contributed by atoms with Gasteiger partial charge in [-0.15, -0.1) is 0 Å². The number of nitrogens with zero attached hydrogens (tertiary/aromatic N) is 2. The molecule has 2 fully saturated rings. The highest BCUT2D eigenvalue weighted by Gasteiger charge is 2.32. The number of nitrogens with one attached hydrogen (secondary N) is 2. The molecule has 0 aromatic rings. The summed E-state index contributed by atoms with van der Waals surface area (Å²) in [6, 6.07) is 0.573. The zero-order valence-corrected chi connectivity index (χ0v) is 18.2. The van der Waals surface area contributed by atoms with Crippen LogP contribution < -0.4 is 10.6 Å². The smallest absolute Gasteiger partial charge is 0.191 e. The summed E-state index contributed by atoms with van der Waals surface area (Å²) >= 11 is 1.97. The van der Waals surface area contributed by atoms with Crippen LogP contribution in [0.2, 0.25) is 0 Å². The lowest BCUT2D eigenvalue weighted by molar-refractivity contribution is 0.0782. The lowest BCUT2D eigenvalue weighted by Gasteiger charge is -2.37. The second-order valence-electron chi connectivity index (χ2n) is 8.07. The van der Waals surface area contributed by atoms with E-state index in [1.807, 2.05) is 18.8 Å². The number of thioether (sulfide) groups is 1. The normalized spacial score (nSPS) is 23.5. The monoisotopic (exact) mass is 384 g/mol. The average Bonchev–Trinajstić information content (AvgIpc) is 2.94. The highest BCUT2D eigenvalue weighted by atomic mass is 32.2. The van der Waals surface area contributed by atoms with Crippen molar-refractivity contribution in [2.75, 3.05) is 52.7 Å². The van der Waals surface area contributed by atoms with E-state index in [1.54, 1.807) is 0 Å². The van der Waals surface area contributed by atoms with Gasteiger partial charge in [-0.05, 0) is 50.9 Å². The first-order valence-corrected chi connectivity index (χ1v) is 11.6. The molecule has 0 amide bonds. The number of likely N-dealkylation sites (tertiary alicyclic amines) is 1. The van der Waals surface area contributed by atoms with Crippen molar-refractivity contribution < 1.29 is 4.74 Å². The topological polar surface area (TPSA) is 48.9 Å². The molecule has 0 aromatic carbocycles. The number of ether oxygens (including phenoxy) is 1. The fraction of sp³-hybridized carbons (Fsp3) is 0.950. The maximum absolute atomic E-state index is 5.55. The molecular formula is C20H40N4OS. The molecule has 1 unspecified atom stereocenters. The molecular weight excluding hydrogens is 344 g/mol. The van der Waals surface area contributed by atoms with Gasteiger partial charge >= 0.3 is 0 Å². The summed E-state index contributed by atoms with van der Waals surface area (Å²) < 4.78 is 5.83. The third kappa shape index (κ3) is 6.61. The van der Waals surface area contributed by atoms with Gasteiger partial charge < -0.3 is 15.4 Å². The summed E-state index contributed by atoms with van der Waals surface area (Å²) in [5.41, 5.74) is 0. The van der Waals surface area contributed by atoms with Gasteiger partial charge in [0.1, 0.15) is 0 Å². The fourth-order valence-electron chi connectivity index (χ4n) is 4.08. The predicted molar refractivity (Wildman–Crippen MR) is 114 cm³/mol. The molecule has 26 heavy (non-hydrogen) atoms. The van der Waals surface area contributed by atoms with E-state index >= 15 is 0 Å². The molecule has 152 valence electrons. The summed E-state index contributed by atoms with van der Waals surface area (Å²) in [7, 11) is 1.88. The Hall–Kier alpha value is -0.460. The molecule has 0 spiro atoms. The number of guanidine groups is 1. The molecule has 6 heteroatoms. The minimum Gasteiger partial charge on any atom is -0.381 e. The minimum atomic E-state index is 0.276. The molecule has 0 aliphatic carbocycles.